The lowest BCUT2D eigenvalue weighted by molar-refractivity contribution is -0.245. The second-order valence-electron chi connectivity index (χ2n) is 13.9. The van der Waals surface area contributed by atoms with Crippen LogP contribution in [0.1, 0.15) is 131 Å². The van der Waals surface area contributed by atoms with Gasteiger partial charge in [0.1, 0.15) is 11.2 Å². The fourth-order valence-electron chi connectivity index (χ4n) is 7.88. The first-order valence-corrected chi connectivity index (χ1v) is 16.0. The zero-order chi connectivity index (χ0) is 29.8. The topological polar surface area (TPSA) is 104 Å². The third-order valence-electron chi connectivity index (χ3n) is 10.7. The van der Waals surface area contributed by atoms with Crippen molar-refractivity contribution in [3.8, 4) is 0 Å². The molecule has 1 saturated carbocycles. The molecule has 0 saturated heterocycles. The lowest BCUT2D eigenvalue weighted by Crippen LogP contribution is -2.68. The first kappa shape index (κ1) is 33.0. The molecule has 6 nitrogen and oxygen atoms in total. The van der Waals surface area contributed by atoms with Crippen LogP contribution < -0.4 is 0 Å². The zero-order valence-corrected chi connectivity index (χ0v) is 26.1. The molecule has 6 atom stereocenters. The summed E-state index contributed by atoms with van der Waals surface area (Å²) >= 11 is 0. The molecule has 0 radical (unpaired) electrons. The van der Waals surface area contributed by atoms with Gasteiger partial charge in [-0.25, -0.2) is 0 Å². The number of aliphatic hydroxyl groups is 3. The number of aliphatic hydroxyl groups excluding tert-OH is 1. The van der Waals surface area contributed by atoms with E-state index in [1.165, 1.54) is 51.4 Å². The van der Waals surface area contributed by atoms with Crippen LogP contribution in [-0.4, -0.2) is 50.5 Å². The summed E-state index contributed by atoms with van der Waals surface area (Å²) in [6, 6.07) is 0. The Balaban J connectivity index is 1.63. The number of rotatable bonds is 14. The van der Waals surface area contributed by atoms with Crippen molar-refractivity contribution in [2.75, 3.05) is 6.61 Å². The summed E-state index contributed by atoms with van der Waals surface area (Å²) in [5, 5.41) is 34.2. The molecule has 3 aliphatic rings. The van der Waals surface area contributed by atoms with Gasteiger partial charge >= 0.3 is 5.97 Å². The first-order chi connectivity index (χ1) is 18.8. The molecular formula is C34H56O6. The van der Waals surface area contributed by atoms with E-state index in [0.717, 1.165) is 19.3 Å². The Hall–Kier alpha value is -1.50. The molecule has 0 bridgehead atoms. The highest BCUT2D eigenvalue weighted by molar-refractivity contribution is 6.04. The number of hydrogen-bond donors (Lipinski definition) is 3. The number of esters is 1. The average Bonchev–Trinajstić information content (AvgIpc) is 3.05. The molecule has 0 aromatic rings. The van der Waals surface area contributed by atoms with E-state index >= 15 is 0 Å². The van der Waals surface area contributed by atoms with E-state index < -0.39 is 34.1 Å². The maximum atomic E-state index is 13.1. The summed E-state index contributed by atoms with van der Waals surface area (Å²) in [6.07, 6.45) is 17.8. The van der Waals surface area contributed by atoms with Gasteiger partial charge < -0.3 is 20.1 Å². The number of unbranched alkanes of at least 4 members (excludes halogenated alkanes) is 10. The smallest absolute Gasteiger partial charge is 0.306 e. The Morgan fingerprint density at radius 3 is 2.02 bits per heavy atom. The van der Waals surface area contributed by atoms with Crippen LogP contribution >= 0.6 is 0 Å². The highest BCUT2D eigenvalue weighted by atomic mass is 16.6. The van der Waals surface area contributed by atoms with Crippen molar-refractivity contribution in [2.45, 2.75) is 148 Å². The molecule has 40 heavy (non-hydrogen) atoms. The number of ketones is 1. The molecule has 0 spiro atoms. The summed E-state index contributed by atoms with van der Waals surface area (Å²) in [5.74, 6) is -2.32. The second kappa shape index (κ2) is 13.2. The van der Waals surface area contributed by atoms with Crippen LogP contribution in [0.25, 0.3) is 0 Å². The molecule has 0 aromatic carbocycles. The van der Waals surface area contributed by atoms with Gasteiger partial charge in [-0.15, -0.1) is 0 Å². The van der Waals surface area contributed by atoms with Gasteiger partial charge in [-0.05, 0) is 43.8 Å². The number of carbonyl (C=O) groups is 2. The van der Waals surface area contributed by atoms with Crippen LogP contribution in [0.15, 0.2) is 23.3 Å². The van der Waals surface area contributed by atoms with Crippen molar-refractivity contribution in [2.24, 2.45) is 23.2 Å². The van der Waals surface area contributed by atoms with Crippen molar-refractivity contribution < 1.29 is 29.6 Å². The third-order valence-corrected chi connectivity index (χ3v) is 10.7. The first-order valence-electron chi connectivity index (χ1n) is 16.0. The number of ether oxygens (including phenoxy) is 1. The Bertz CT molecular complexity index is 965. The van der Waals surface area contributed by atoms with Gasteiger partial charge in [0.15, 0.2) is 5.78 Å². The summed E-state index contributed by atoms with van der Waals surface area (Å²) in [6.45, 7) is 11.5. The molecule has 1 fully saturated rings. The Morgan fingerprint density at radius 1 is 0.925 bits per heavy atom. The maximum Gasteiger partial charge on any atom is 0.306 e. The average molecular weight is 561 g/mol. The lowest BCUT2D eigenvalue weighted by Gasteiger charge is -2.61. The van der Waals surface area contributed by atoms with Crippen molar-refractivity contribution in [3.05, 3.63) is 23.3 Å². The van der Waals surface area contributed by atoms with Gasteiger partial charge in [0.2, 0.25) is 0 Å². The van der Waals surface area contributed by atoms with Gasteiger partial charge in [0.05, 0.1) is 12.2 Å². The molecule has 6 heteroatoms. The normalized spacial score (nSPS) is 34.9. The Labute approximate surface area is 242 Å². The van der Waals surface area contributed by atoms with Crippen molar-refractivity contribution in [1.82, 2.24) is 0 Å². The second-order valence-corrected chi connectivity index (χ2v) is 13.9. The van der Waals surface area contributed by atoms with Gasteiger partial charge in [-0.1, -0.05) is 104 Å². The number of fused-ring (bicyclic) bond motifs is 3. The minimum Gasteiger partial charge on any atom is -0.459 e. The number of hydrogen-bond acceptors (Lipinski definition) is 6. The van der Waals surface area contributed by atoms with Crippen LogP contribution in [0.4, 0.5) is 0 Å². The fraction of sp³-hybridized carbons (Fsp3) is 0.824. The molecule has 0 aromatic heterocycles. The van der Waals surface area contributed by atoms with E-state index in [1.54, 1.807) is 13.0 Å². The van der Waals surface area contributed by atoms with E-state index in [-0.39, 0.29) is 30.7 Å². The van der Waals surface area contributed by atoms with Crippen LogP contribution in [0.5, 0.6) is 0 Å². The van der Waals surface area contributed by atoms with E-state index in [1.807, 2.05) is 33.8 Å². The fourth-order valence-corrected chi connectivity index (χ4v) is 7.88. The van der Waals surface area contributed by atoms with Crippen LogP contribution in [-0.2, 0) is 14.3 Å². The summed E-state index contributed by atoms with van der Waals surface area (Å²) < 4.78 is 6.25. The van der Waals surface area contributed by atoms with E-state index in [2.05, 4.69) is 6.92 Å². The standard InChI is InChI=1S/C34H56O6/c1-7-8-9-10-11-12-13-14-15-16-17-18-29(36)40-32(6)21-25(3)34(39)27(31(32,4)5)20-26(23-35)22-33(38)28(34)19-24(2)30(33)37/h19-20,25,27-28,35,38-39H,7-18,21-23H2,1-6H3/t25-,27+,28-,32-,33-,34-/m1/s1. The van der Waals surface area contributed by atoms with E-state index in [4.69, 9.17) is 4.74 Å². The van der Waals surface area contributed by atoms with Gasteiger partial charge in [0, 0.05) is 30.1 Å². The largest absolute Gasteiger partial charge is 0.459 e. The quantitative estimate of drug-likeness (QED) is 0.126. The zero-order valence-electron chi connectivity index (χ0n) is 26.1. The lowest BCUT2D eigenvalue weighted by atomic mass is 9.48. The van der Waals surface area contributed by atoms with Crippen LogP contribution in [0, 0.1) is 23.2 Å². The Morgan fingerprint density at radius 2 is 1.48 bits per heavy atom. The monoisotopic (exact) mass is 560 g/mol. The Kier molecular flexibility index (Phi) is 10.9. The summed E-state index contributed by atoms with van der Waals surface area (Å²) in [7, 11) is 0. The summed E-state index contributed by atoms with van der Waals surface area (Å²) in [4.78, 5) is 26.2. The number of carbonyl (C=O) groups excluding carboxylic acids is 2. The SMILES string of the molecule is CCCCCCCCCCCCCC(=O)O[C@]1(C)C[C@@H](C)[C@@]2(O)[C@@H](C=C(CO)C[C@]3(O)C(=O)C(C)=C[C@@H]23)C1(C)C. The minimum absolute atomic E-state index is 0.0161. The van der Waals surface area contributed by atoms with Gasteiger partial charge in [-0.2, -0.15) is 0 Å². The highest BCUT2D eigenvalue weighted by Gasteiger charge is 2.69. The molecule has 0 aliphatic heterocycles. The molecule has 0 heterocycles. The number of Topliss-reactive ketones (excluding diaryl/α,β-unsaturated/α-hetero) is 1. The van der Waals surface area contributed by atoms with Crippen molar-refractivity contribution in [1.29, 1.82) is 0 Å². The molecule has 228 valence electrons. The minimum atomic E-state index is -1.79. The molecule has 0 unspecified atom stereocenters. The van der Waals surface area contributed by atoms with E-state index in [0.29, 0.717) is 24.0 Å². The summed E-state index contributed by atoms with van der Waals surface area (Å²) in [5.41, 5.74) is -3.84. The molecular weight excluding hydrogens is 504 g/mol. The molecule has 0 amide bonds. The third kappa shape index (κ3) is 6.29. The molecule has 3 rings (SSSR count). The predicted molar refractivity (Wildman–Crippen MR) is 159 cm³/mol. The van der Waals surface area contributed by atoms with Crippen LogP contribution in [0.3, 0.4) is 0 Å². The maximum absolute atomic E-state index is 13.1. The predicted octanol–water partition coefficient (Wildman–Crippen LogP) is 6.60. The van der Waals surface area contributed by atoms with Crippen molar-refractivity contribution in [3.63, 3.8) is 0 Å². The van der Waals surface area contributed by atoms with Crippen LogP contribution in [0.2, 0.25) is 0 Å². The molecule has 3 aliphatic carbocycles. The van der Waals surface area contributed by atoms with Crippen molar-refractivity contribution >= 4 is 11.8 Å². The van der Waals surface area contributed by atoms with Gasteiger partial charge in [-0.3, -0.25) is 9.59 Å². The van der Waals surface area contributed by atoms with E-state index in [9.17, 15) is 24.9 Å². The highest BCUT2D eigenvalue weighted by Crippen LogP contribution is 2.63. The van der Waals surface area contributed by atoms with Gasteiger partial charge in [0.25, 0.3) is 0 Å². The molecule has 3 N–H and O–H groups in total.